The molecule has 0 fully saturated rings. The predicted octanol–water partition coefficient (Wildman–Crippen LogP) is 4.41. The van der Waals surface area contributed by atoms with E-state index in [-0.39, 0.29) is 18.7 Å². The van der Waals surface area contributed by atoms with Crippen molar-refractivity contribution < 1.29 is 19.0 Å². The first-order valence-corrected chi connectivity index (χ1v) is 8.38. The van der Waals surface area contributed by atoms with Gasteiger partial charge < -0.3 is 14.2 Å². The molecule has 2 aromatic rings. The molecule has 132 valence electrons. The van der Waals surface area contributed by atoms with E-state index in [1.165, 1.54) is 0 Å². The Morgan fingerprint density at radius 2 is 1.56 bits per heavy atom. The summed E-state index contributed by atoms with van der Waals surface area (Å²) in [4.78, 5) is 11.9. The number of carbonyl (C=O) groups is 1. The standard InChI is InChI=1S/C21H24O4/c1-17(13-14-18(2)25-20-11-7-4-8-12-20)21(22)24-16-15-23-19-9-5-3-6-10-19/h3-13,18H,14-16H2,1-2H3. The minimum atomic E-state index is -0.330. The van der Waals surface area contributed by atoms with Crippen LogP contribution in [0.4, 0.5) is 0 Å². The fourth-order valence-corrected chi connectivity index (χ4v) is 2.13. The zero-order valence-electron chi connectivity index (χ0n) is 14.7. The molecule has 0 aliphatic heterocycles. The van der Waals surface area contributed by atoms with E-state index in [0.29, 0.717) is 18.6 Å². The summed E-state index contributed by atoms with van der Waals surface area (Å²) in [5.74, 6) is 1.25. The second kappa shape index (κ2) is 10.2. The second-order valence-electron chi connectivity index (χ2n) is 5.66. The molecule has 0 heterocycles. The van der Waals surface area contributed by atoms with Crippen molar-refractivity contribution in [2.75, 3.05) is 13.2 Å². The average molecular weight is 340 g/mol. The van der Waals surface area contributed by atoms with Gasteiger partial charge in [-0.2, -0.15) is 0 Å². The van der Waals surface area contributed by atoms with E-state index in [1.54, 1.807) is 6.92 Å². The molecule has 4 heteroatoms. The van der Waals surface area contributed by atoms with Crippen molar-refractivity contribution in [3.05, 3.63) is 72.3 Å². The van der Waals surface area contributed by atoms with Gasteiger partial charge in [0, 0.05) is 12.0 Å². The van der Waals surface area contributed by atoms with Crippen molar-refractivity contribution in [2.45, 2.75) is 26.4 Å². The third-order valence-electron chi connectivity index (χ3n) is 3.49. The first kappa shape index (κ1) is 18.6. The van der Waals surface area contributed by atoms with Crippen LogP contribution in [-0.4, -0.2) is 25.3 Å². The molecule has 2 aromatic carbocycles. The Balaban J connectivity index is 1.67. The summed E-state index contributed by atoms with van der Waals surface area (Å²) < 4.78 is 16.5. The lowest BCUT2D eigenvalue weighted by atomic mass is 10.2. The average Bonchev–Trinajstić information content (AvgIpc) is 2.64. The molecule has 0 bridgehead atoms. The molecule has 0 amide bonds. The zero-order chi connectivity index (χ0) is 17.9. The Hall–Kier alpha value is -2.75. The number of esters is 1. The van der Waals surface area contributed by atoms with Gasteiger partial charge in [-0.15, -0.1) is 0 Å². The van der Waals surface area contributed by atoms with Gasteiger partial charge >= 0.3 is 5.97 Å². The highest BCUT2D eigenvalue weighted by Crippen LogP contribution is 2.13. The molecule has 0 saturated heterocycles. The van der Waals surface area contributed by atoms with Crippen molar-refractivity contribution in [2.24, 2.45) is 0 Å². The first-order chi connectivity index (χ1) is 12.1. The van der Waals surface area contributed by atoms with Gasteiger partial charge in [-0.3, -0.25) is 0 Å². The molecule has 0 saturated carbocycles. The van der Waals surface area contributed by atoms with Crippen molar-refractivity contribution in [1.29, 1.82) is 0 Å². The van der Waals surface area contributed by atoms with E-state index in [9.17, 15) is 4.79 Å². The van der Waals surface area contributed by atoms with E-state index >= 15 is 0 Å². The van der Waals surface area contributed by atoms with Crippen LogP contribution in [0.25, 0.3) is 0 Å². The van der Waals surface area contributed by atoms with Crippen LogP contribution in [0.3, 0.4) is 0 Å². The molecule has 0 N–H and O–H groups in total. The normalized spacial score (nSPS) is 12.3. The molecular formula is C21H24O4. The van der Waals surface area contributed by atoms with E-state index in [2.05, 4.69) is 0 Å². The van der Waals surface area contributed by atoms with E-state index in [0.717, 1.165) is 11.5 Å². The van der Waals surface area contributed by atoms with E-state index in [4.69, 9.17) is 14.2 Å². The van der Waals surface area contributed by atoms with Gasteiger partial charge in [-0.25, -0.2) is 4.79 Å². The summed E-state index contributed by atoms with van der Waals surface area (Å²) in [5, 5.41) is 0. The van der Waals surface area contributed by atoms with Gasteiger partial charge in [0.25, 0.3) is 0 Å². The van der Waals surface area contributed by atoms with Gasteiger partial charge in [-0.1, -0.05) is 42.5 Å². The fourth-order valence-electron chi connectivity index (χ4n) is 2.13. The summed E-state index contributed by atoms with van der Waals surface area (Å²) in [6.07, 6.45) is 2.45. The molecule has 0 aliphatic rings. The lowest BCUT2D eigenvalue weighted by Crippen LogP contribution is -2.14. The molecule has 1 unspecified atom stereocenters. The maximum absolute atomic E-state index is 11.9. The molecule has 0 radical (unpaired) electrons. The van der Waals surface area contributed by atoms with Gasteiger partial charge in [0.15, 0.2) is 0 Å². The van der Waals surface area contributed by atoms with Crippen LogP contribution >= 0.6 is 0 Å². The molecule has 25 heavy (non-hydrogen) atoms. The monoisotopic (exact) mass is 340 g/mol. The molecule has 0 aromatic heterocycles. The SMILES string of the molecule is CC(=CCC(C)Oc1ccccc1)C(=O)OCCOc1ccccc1. The van der Waals surface area contributed by atoms with Crippen LogP contribution in [0.15, 0.2) is 72.3 Å². The lowest BCUT2D eigenvalue weighted by molar-refractivity contribution is -0.139. The van der Waals surface area contributed by atoms with Crippen LogP contribution in [0, 0.1) is 0 Å². The van der Waals surface area contributed by atoms with Crippen molar-refractivity contribution in [3.63, 3.8) is 0 Å². The molecule has 4 nitrogen and oxygen atoms in total. The summed E-state index contributed by atoms with van der Waals surface area (Å²) in [6.45, 7) is 4.26. The maximum Gasteiger partial charge on any atom is 0.333 e. The van der Waals surface area contributed by atoms with Crippen LogP contribution in [0.5, 0.6) is 11.5 Å². The maximum atomic E-state index is 11.9. The highest BCUT2D eigenvalue weighted by atomic mass is 16.6. The van der Waals surface area contributed by atoms with Gasteiger partial charge in [0.1, 0.15) is 24.7 Å². The van der Waals surface area contributed by atoms with Gasteiger partial charge in [0.2, 0.25) is 0 Å². The van der Waals surface area contributed by atoms with E-state index in [1.807, 2.05) is 73.7 Å². The van der Waals surface area contributed by atoms with Crippen LogP contribution in [-0.2, 0) is 9.53 Å². The Bertz CT molecular complexity index is 665. The second-order valence-corrected chi connectivity index (χ2v) is 5.66. The lowest BCUT2D eigenvalue weighted by Gasteiger charge is -2.13. The number of ether oxygens (including phenoxy) is 3. The Morgan fingerprint density at radius 3 is 2.20 bits per heavy atom. The molecule has 2 rings (SSSR count). The summed E-state index contributed by atoms with van der Waals surface area (Å²) in [6, 6.07) is 19.1. The molecule has 0 spiro atoms. The number of para-hydroxylation sites is 2. The van der Waals surface area contributed by atoms with Crippen LogP contribution < -0.4 is 9.47 Å². The third kappa shape index (κ3) is 7.12. The number of hydrogen-bond donors (Lipinski definition) is 0. The van der Waals surface area contributed by atoms with Crippen LogP contribution in [0.2, 0.25) is 0 Å². The highest BCUT2D eigenvalue weighted by Gasteiger charge is 2.08. The highest BCUT2D eigenvalue weighted by molar-refractivity contribution is 5.87. The number of hydrogen-bond acceptors (Lipinski definition) is 4. The van der Waals surface area contributed by atoms with Crippen molar-refractivity contribution in [3.8, 4) is 11.5 Å². The Morgan fingerprint density at radius 1 is 0.960 bits per heavy atom. The predicted molar refractivity (Wildman–Crippen MR) is 97.8 cm³/mol. The fraction of sp³-hybridized carbons (Fsp3) is 0.286. The Labute approximate surface area is 149 Å². The van der Waals surface area contributed by atoms with Gasteiger partial charge in [0.05, 0.1) is 6.10 Å². The minimum absolute atomic E-state index is 0.0217. The smallest absolute Gasteiger partial charge is 0.333 e. The van der Waals surface area contributed by atoms with Gasteiger partial charge in [-0.05, 0) is 38.1 Å². The summed E-state index contributed by atoms with van der Waals surface area (Å²) >= 11 is 0. The first-order valence-electron chi connectivity index (χ1n) is 8.38. The molecule has 1 atom stereocenters. The topological polar surface area (TPSA) is 44.8 Å². The van der Waals surface area contributed by atoms with Crippen LogP contribution in [0.1, 0.15) is 20.3 Å². The quantitative estimate of drug-likeness (QED) is 0.385. The minimum Gasteiger partial charge on any atom is -0.490 e. The number of benzene rings is 2. The van der Waals surface area contributed by atoms with Crippen molar-refractivity contribution >= 4 is 5.97 Å². The van der Waals surface area contributed by atoms with Crippen molar-refractivity contribution in [1.82, 2.24) is 0 Å². The summed E-state index contributed by atoms with van der Waals surface area (Å²) in [7, 11) is 0. The summed E-state index contributed by atoms with van der Waals surface area (Å²) in [5.41, 5.74) is 0.572. The molecular weight excluding hydrogens is 316 g/mol. The number of rotatable bonds is 9. The Kier molecular flexibility index (Phi) is 7.57. The van der Waals surface area contributed by atoms with E-state index < -0.39 is 0 Å². The number of carbonyl (C=O) groups excluding carboxylic acids is 1. The third-order valence-corrected chi connectivity index (χ3v) is 3.49. The zero-order valence-corrected chi connectivity index (χ0v) is 14.7. The molecule has 0 aliphatic carbocycles. The largest absolute Gasteiger partial charge is 0.490 e.